The molecule has 0 aliphatic rings. The van der Waals surface area contributed by atoms with E-state index in [2.05, 4.69) is 10.6 Å². The largest absolute Gasteiger partial charge is 1.00 e. The fourth-order valence-electron chi connectivity index (χ4n) is 5.13. The van der Waals surface area contributed by atoms with Gasteiger partial charge in [0.1, 0.15) is 11.8 Å². The van der Waals surface area contributed by atoms with Crippen LogP contribution < -0.4 is 50.4 Å². The summed E-state index contributed by atoms with van der Waals surface area (Å²) in [6.45, 7) is 3.92. The number of carbonyl (C=O) groups excluding carboxylic acids is 3. The van der Waals surface area contributed by atoms with Crippen LogP contribution in [0, 0.1) is 17.8 Å². The maximum atomic E-state index is 13.8. The summed E-state index contributed by atoms with van der Waals surface area (Å²) in [5.74, 6) is -3.33. The second-order valence-corrected chi connectivity index (χ2v) is 12.7. The Morgan fingerprint density at radius 2 is 1.51 bits per heavy atom. The normalized spacial score (nSPS) is 13.3. The van der Waals surface area contributed by atoms with E-state index in [0.29, 0.717) is 12.2 Å². The maximum absolute atomic E-state index is 13.8. The molecular weight excluding hydrogens is 609 g/mol. The van der Waals surface area contributed by atoms with Gasteiger partial charge in [-0.1, -0.05) is 68.4 Å². The van der Waals surface area contributed by atoms with E-state index in [4.69, 9.17) is 4.74 Å². The zero-order valence-corrected chi connectivity index (χ0v) is 28.9. The minimum Gasteiger partial charge on any atom is -0.748 e. The SMILES string of the molecule is CNC(=O)C(Cc1ccc(OCCCS(=O)(=O)[O-])cc1)NC(=O)C(CC(C)C)C(Cc1ccc2ccccc2c1)C(=O)NO.[Na+]. The number of likely N-dealkylation sites (N-methyl/N-ethyl adjacent to an activating group) is 1. The molecule has 45 heavy (non-hydrogen) atoms. The van der Waals surface area contributed by atoms with Crippen molar-refractivity contribution in [3.05, 3.63) is 77.9 Å². The fraction of sp³-hybridized carbons (Fsp3) is 0.406. The number of hydroxylamine groups is 1. The van der Waals surface area contributed by atoms with Crippen LogP contribution in [-0.4, -0.2) is 61.3 Å². The molecule has 0 saturated heterocycles. The Balaban J connectivity index is 0.00000705. The van der Waals surface area contributed by atoms with Crippen molar-refractivity contribution in [1.29, 1.82) is 0 Å². The minimum atomic E-state index is -4.31. The molecule has 3 rings (SSSR count). The Labute approximate surface area is 286 Å². The number of fused-ring (bicyclic) bond motifs is 1. The van der Waals surface area contributed by atoms with Crippen molar-refractivity contribution < 1.29 is 66.9 Å². The monoisotopic (exact) mass is 649 g/mol. The third-order valence-electron chi connectivity index (χ3n) is 7.31. The quantitative estimate of drug-likeness (QED) is 0.0550. The minimum absolute atomic E-state index is 0. The van der Waals surface area contributed by atoms with Crippen LogP contribution in [0.5, 0.6) is 5.75 Å². The van der Waals surface area contributed by atoms with E-state index < -0.39 is 51.5 Å². The van der Waals surface area contributed by atoms with Gasteiger partial charge < -0.3 is 19.9 Å². The van der Waals surface area contributed by atoms with Crippen LogP contribution in [0.4, 0.5) is 0 Å². The summed E-state index contributed by atoms with van der Waals surface area (Å²) in [4.78, 5) is 39.6. The van der Waals surface area contributed by atoms with Gasteiger partial charge in [-0.3, -0.25) is 19.6 Å². The van der Waals surface area contributed by atoms with Crippen LogP contribution in [0.15, 0.2) is 66.7 Å². The first kappa shape index (κ1) is 38.2. The van der Waals surface area contributed by atoms with Crippen molar-refractivity contribution in [2.45, 2.75) is 45.6 Å². The molecule has 3 unspecified atom stereocenters. The first-order valence-corrected chi connectivity index (χ1v) is 16.1. The van der Waals surface area contributed by atoms with Crippen molar-refractivity contribution in [2.75, 3.05) is 19.4 Å². The number of benzene rings is 3. The maximum Gasteiger partial charge on any atom is 1.00 e. The topological polar surface area (TPSA) is 174 Å². The number of nitrogens with one attached hydrogen (secondary N) is 3. The Morgan fingerprint density at radius 3 is 2.11 bits per heavy atom. The molecule has 0 fully saturated rings. The summed E-state index contributed by atoms with van der Waals surface area (Å²) < 4.78 is 37.7. The van der Waals surface area contributed by atoms with Gasteiger partial charge in [-0.15, -0.1) is 0 Å². The van der Waals surface area contributed by atoms with Crippen LogP contribution in [0.2, 0.25) is 0 Å². The summed E-state index contributed by atoms with van der Waals surface area (Å²) in [5, 5.41) is 17.0. The Morgan fingerprint density at radius 1 is 0.867 bits per heavy atom. The zero-order valence-electron chi connectivity index (χ0n) is 26.1. The second kappa shape index (κ2) is 18.2. The van der Waals surface area contributed by atoms with Crippen LogP contribution in [0.1, 0.15) is 37.8 Å². The number of ether oxygens (including phenoxy) is 1. The smallest absolute Gasteiger partial charge is 0.748 e. The van der Waals surface area contributed by atoms with Crippen LogP contribution in [0.25, 0.3) is 10.8 Å². The molecule has 0 spiro atoms. The van der Waals surface area contributed by atoms with E-state index in [9.17, 15) is 32.6 Å². The van der Waals surface area contributed by atoms with Gasteiger partial charge in [0.25, 0.3) is 0 Å². The summed E-state index contributed by atoms with van der Waals surface area (Å²) in [7, 11) is -2.84. The van der Waals surface area contributed by atoms with Crippen molar-refractivity contribution in [2.24, 2.45) is 17.8 Å². The first-order chi connectivity index (χ1) is 20.9. The second-order valence-electron chi connectivity index (χ2n) is 11.2. The molecule has 0 heterocycles. The molecule has 0 radical (unpaired) electrons. The molecule has 3 aromatic carbocycles. The number of hydrogen-bond acceptors (Lipinski definition) is 8. The molecule has 0 bridgehead atoms. The molecule has 13 heteroatoms. The van der Waals surface area contributed by atoms with E-state index in [-0.39, 0.29) is 61.3 Å². The average Bonchev–Trinajstić information content (AvgIpc) is 2.99. The summed E-state index contributed by atoms with van der Waals surface area (Å²) in [5.41, 5.74) is 3.28. The Hall–Kier alpha value is -3.00. The third-order valence-corrected chi connectivity index (χ3v) is 8.10. The van der Waals surface area contributed by atoms with E-state index in [0.717, 1.165) is 21.9 Å². The summed E-state index contributed by atoms with van der Waals surface area (Å²) in [6, 6.07) is 19.4. The average molecular weight is 650 g/mol. The Kier molecular flexibility index (Phi) is 15.5. The summed E-state index contributed by atoms with van der Waals surface area (Å²) >= 11 is 0. The summed E-state index contributed by atoms with van der Waals surface area (Å²) in [6.07, 6.45) is 0.759. The predicted octanol–water partition coefficient (Wildman–Crippen LogP) is -0.0422. The number of rotatable bonds is 16. The molecular formula is C32H40N3NaO8S. The van der Waals surface area contributed by atoms with Gasteiger partial charge in [-0.2, -0.15) is 0 Å². The molecule has 11 nitrogen and oxygen atoms in total. The van der Waals surface area contributed by atoms with Gasteiger partial charge in [-0.25, -0.2) is 13.9 Å². The number of hydrogen-bond donors (Lipinski definition) is 4. The van der Waals surface area contributed by atoms with Crippen molar-refractivity contribution in [3.8, 4) is 5.75 Å². The van der Waals surface area contributed by atoms with Crippen molar-refractivity contribution in [1.82, 2.24) is 16.1 Å². The molecule has 0 aliphatic heterocycles. The van der Waals surface area contributed by atoms with Crippen LogP contribution in [0.3, 0.4) is 0 Å². The van der Waals surface area contributed by atoms with E-state index >= 15 is 0 Å². The Bertz CT molecular complexity index is 1530. The van der Waals surface area contributed by atoms with Gasteiger partial charge in [0, 0.05) is 19.2 Å². The van der Waals surface area contributed by atoms with Gasteiger partial charge >= 0.3 is 29.6 Å². The fourth-order valence-corrected chi connectivity index (χ4v) is 5.60. The number of amides is 3. The van der Waals surface area contributed by atoms with Gasteiger partial charge in [0.05, 0.1) is 28.6 Å². The van der Waals surface area contributed by atoms with E-state index in [1.54, 1.807) is 29.7 Å². The first-order valence-electron chi connectivity index (χ1n) is 14.5. The molecule has 3 amide bonds. The van der Waals surface area contributed by atoms with E-state index in [1.165, 1.54) is 7.05 Å². The van der Waals surface area contributed by atoms with Gasteiger partial charge in [0.15, 0.2) is 0 Å². The van der Waals surface area contributed by atoms with E-state index in [1.807, 2.05) is 56.3 Å². The molecule has 4 N–H and O–H groups in total. The van der Waals surface area contributed by atoms with Gasteiger partial charge in [0.2, 0.25) is 17.7 Å². The number of carbonyl (C=O) groups is 3. The van der Waals surface area contributed by atoms with Gasteiger partial charge in [-0.05, 0) is 59.2 Å². The molecule has 238 valence electrons. The molecule has 3 atom stereocenters. The molecule has 3 aromatic rings. The predicted molar refractivity (Wildman–Crippen MR) is 165 cm³/mol. The van der Waals surface area contributed by atoms with Crippen LogP contribution >= 0.6 is 0 Å². The third kappa shape index (κ3) is 12.4. The molecule has 0 saturated carbocycles. The molecule has 0 aliphatic carbocycles. The standard InChI is InChI=1S/C32H41N3O8S.Na/c1-21(2)17-27(28(31(37)35-39)19-23-9-12-24-7-4-5-8-25(24)18-23)30(36)34-29(32(38)33-3)20-22-10-13-26(14-11-22)43-15-6-16-44(40,41)42;/h4-5,7-14,18,21,27-29,39H,6,15-17,19-20H2,1-3H3,(H,33,38)(H,34,36)(H,35,37)(H,40,41,42);/q;+1/p-1. The van der Waals surface area contributed by atoms with Crippen molar-refractivity contribution >= 4 is 38.6 Å². The zero-order chi connectivity index (χ0) is 32.3. The molecule has 0 aromatic heterocycles. The van der Waals surface area contributed by atoms with Crippen molar-refractivity contribution in [3.63, 3.8) is 0 Å². The van der Waals surface area contributed by atoms with Crippen LogP contribution in [-0.2, 0) is 37.3 Å².